The predicted molar refractivity (Wildman–Crippen MR) is 93.6 cm³/mol. The molecule has 2 bridgehead atoms. The van der Waals surface area contributed by atoms with Gasteiger partial charge in [0.05, 0.1) is 19.6 Å². The van der Waals surface area contributed by atoms with Gasteiger partial charge in [-0.25, -0.2) is 4.79 Å². The van der Waals surface area contributed by atoms with Gasteiger partial charge in [-0.15, -0.1) is 0 Å². The first-order chi connectivity index (χ1) is 12.1. The molecule has 2 aliphatic rings. The quantitative estimate of drug-likeness (QED) is 0.608. The van der Waals surface area contributed by atoms with E-state index in [1.807, 2.05) is 18.2 Å². The van der Waals surface area contributed by atoms with Crippen molar-refractivity contribution < 1.29 is 19.1 Å². The third kappa shape index (κ3) is 3.76. The molecule has 2 fully saturated rings. The van der Waals surface area contributed by atoms with E-state index in [0.29, 0.717) is 12.6 Å². The molecule has 5 nitrogen and oxygen atoms in total. The fourth-order valence-electron chi connectivity index (χ4n) is 4.14. The standard InChI is InChI=1S/C20H25NO4/c1-3-25-18(22)11-15-9-10-16-12-17(20(23)24-2)19(15)21(16)13-14-7-5-4-6-8-14/h4-8,11,16-17,19H,3,9-10,12-13H2,1-2H3/b15-11+/t16-,17+,19+/m0/s1. The first-order valence-corrected chi connectivity index (χ1v) is 8.88. The van der Waals surface area contributed by atoms with Gasteiger partial charge in [0.25, 0.3) is 0 Å². The maximum atomic E-state index is 12.3. The van der Waals surface area contributed by atoms with E-state index in [9.17, 15) is 9.59 Å². The van der Waals surface area contributed by atoms with Crippen LogP contribution < -0.4 is 0 Å². The average Bonchev–Trinajstić information content (AvgIpc) is 2.86. The highest BCUT2D eigenvalue weighted by Crippen LogP contribution is 2.43. The van der Waals surface area contributed by atoms with Gasteiger partial charge < -0.3 is 9.47 Å². The summed E-state index contributed by atoms with van der Waals surface area (Å²) in [6, 6.07) is 10.5. The van der Waals surface area contributed by atoms with Crippen LogP contribution in [0.4, 0.5) is 0 Å². The second kappa shape index (κ2) is 7.83. The number of carbonyl (C=O) groups excluding carboxylic acids is 2. The van der Waals surface area contributed by atoms with E-state index >= 15 is 0 Å². The van der Waals surface area contributed by atoms with Crippen LogP contribution in [0.15, 0.2) is 42.0 Å². The SMILES string of the molecule is CCOC(=O)/C=C1\CC[C@H]2C[C@@H](C(=O)OC)[C@@H]1N2Cc1ccccc1. The van der Waals surface area contributed by atoms with E-state index in [4.69, 9.17) is 9.47 Å². The summed E-state index contributed by atoms with van der Waals surface area (Å²) in [6.07, 6.45) is 4.14. The molecular formula is C20H25NO4. The third-order valence-electron chi connectivity index (χ3n) is 5.18. The van der Waals surface area contributed by atoms with Crippen molar-refractivity contribution in [3.05, 3.63) is 47.5 Å². The van der Waals surface area contributed by atoms with Gasteiger partial charge in [0.2, 0.25) is 0 Å². The average molecular weight is 343 g/mol. The molecule has 0 spiro atoms. The molecule has 2 aliphatic heterocycles. The summed E-state index contributed by atoms with van der Waals surface area (Å²) in [5.41, 5.74) is 2.19. The molecular weight excluding hydrogens is 318 g/mol. The van der Waals surface area contributed by atoms with Crippen LogP contribution in [0.1, 0.15) is 31.7 Å². The minimum atomic E-state index is -0.328. The molecule has 5 heteroatoms. The number of nitrogens with zero attached hydrogens (tertiary/aromatic N) is 1. The molecule has 0 unspecified atom stereocenters. The minimum Gasteiger partial charge on any atom is -0.469 e. The zero-order valence-corrected chi connectivity index (χ0v) is 14.8. The van der Waals surface area contributed by atoms with E-state index in [-0.39, 0.29) is 23.9 Å². The first kappa shape index (κ1) is 17.7. The number of esters is 2. The molecule has 0 aromatic heterocycles. The zero-order chi connectivity index (χ0) is 17.8. The Morgan fingerprint density at radius 2 is 2.04 bits per heavy atom. The van der Waals surface area contributed by atoms with Crippen molar-refractivity contribution in [2.75, 3.05) is 13.7 Å². The molecule has 1 aromatic rings. The lowest BCUT2D eigenvalue weighted by molar-refractivity contribution is -0.146. The van der Waals surface area contributed by atoms with Gasteiger partial charge in [0.15, 0.2) is 0 Å². The Hall–Kier alpha value is -2.14. The number of methoxy groups -OCH3 is 1. The van der Waals surface area contributed by atoms with Crippen molar-refractivity contribution in [3.63, 3.8) is 0 Å². The van der Waals surface area contributed by atoms with E-state index in [1.54, 1.807) is 13.0 Å². The van der Waals surface area contributed by atoms with Crippen molar-refractivity contribution in [1.82, 2.24) is 4.90 Å². The summed E-state index contributed by atoms with van der Waals surface area (Å²) in [4.78, 5) is 26.6. The van der Waals surface area contributed by atoms with Crippen LogP contribution in [0.25, 0.3) is 0 Å². The molecule has 0 radical (unpaired) electrons. The van der Waals surface area contributed by atoms with Gasteiger partial charge in [-0.3, -0.25) is 9.69 Å². The van der Waals surface area contributed by atoms with Crippen molar-refractivity contribution in [3.8, 4) is 0 Å². The highest BCUT2D eigenvalue weighted by molar-refractivity contribution is 5.84. The topological polar surface area (TPSA) is 55.8 Å². The van der Waals surface area contributed by atoms with E-state index in [0.717, 1.165) is 31.4 Å². The Morgan fingerprint density at radius 1 is 1.28 bits per heavy atom. The lowest BCUT2D eigenvalue weighted by Gasteiger charge is -2.37. The predicted octanol–water partition coefficient (Wildman–Crippen LogP) is 2.70. The summed E-state index contributed by atoms with van der Waals surface area (Å²) in [6.45, 7) is 2.91. The molecule has 2 saturated heterocycles. The molecule has 0 N–H and O–H groups in total. The van der Waals surface area contributed by atoms with E-state index in [1.165, 1.54) is 12.7 Å². The van der Waals surface area contributed by atoms with Crippen LogP contribution in [0.2, 0.25) is 0 Å². The molecule has 2 heterocycles. The maximum absolute atomic E-state index is 12.3. The second-order valence-corrected chi connectivity index (χ2v) is 6.63. The smallest absolute Gasteiger partial charge is 0.330 e. The largest absolute Gasteiger partial charge is 0.469 e. The third-order valence-corrected chi connectivity index (χ3v) is 5.18. The van der Waals surface area contributed by atoms with Crippen LogP contribution in [0, 0.1) is 5.92 Å². The summed E-state index contributed by atoms with van der Waals surface area (Å²) in [7, 11) is 1.43. The van der Waals surface area contributed by atoms with Crippen molar-refractivity contribution in [2.45, 2.75) is 44.8 Å². The van der Waals surface area contributed by atoms with Gasteiger partial charge in [-0.2, -0.15) is 0 Å². The summed E-state index contributed by atoms with van der Waals surface area (Å²) in [5, 5.41) is 0. The van der Waals surface area contributed by atoms with Crippen LogP contribution in [0.5, 0.6) is 0 Å². The fraction of sp³-hybridized carbons (Fsp3) is 0.500. The van der Waals surface area contributed by atoms with Crippen LogP contribution in [0.3, 0.4) is 0 Å². The lowest BCUT2D eigenvalue weighted by Crippen LogP contribution is -2.43. The zero-order valence-electron chi connectivity index (χ0n) is 14.8. The minimum absolute atomic E-state index is 0.0872. The molecule has 1 aromatic carbocycles. The van der Waals surface area contributed by atoms with Crippen molar-refractivity contribution in [2.24, 2.45) is 5.92 Å². The fourth-order valence-corrected chi connectivity index (χ4v) is 4.14. The Balaban J connectivity index is 1.89. The van der Waals surface area contributed by atoms with Crippen LogP contribution in [-0.4, -0.2) is 42.6 Å². The summed E-state index contributed by atoms with van der Waals surface area (Å²) in [5.74, 6) is -0.741. The summed E-state index contributed by atoms with van der Waals surface area (Å²) < 4.78 is 10.1. The lowest BCUT2D eigenvalue weighted by atomic mass is 9.91. The number of benzene rings is 1. The van der Waals surface area contributed by atoms with Crippen molar-refractivity contribution >= 4 is 11.9 Å². The maximum Gasteiger partial charge on any atom is 0.330 e. The Bertz CT molecular complexity index is 655. The molecule has 134 valence electrons. The van der Waals surface area contributed by atoms with Crippen LogP contribution in [-0.2, 0) is 25.6 Å². The van der Waals surface area contributed by atoms with Gasteiger partial charge in [-0.1, -0.05) is 30.3 Å². The number of fused-ring (bicyclic) bond motifs is 2. The van der Waals surface area contributed by atoms with Gasteiger partial charge in [0, 0.05) is 24.7 Å². The Labute approximate surface area is 148 Å². The number of piperidine rings is 1. The van der Waals surface area contributed by atoms with Crippen LogP contribution >= 0.6 is 0 Å². The molecule has 0 saturated carbocycles. The molecule has 3 rings (SSSR count). The number of rotatable bonds is 5. The van der Waals surface area contributed by atoms with Gasteiger partial charge >= 0.3 is 11.9 Å². The highest BCUT2D eigenvalue weighted by atomic mass is 16.5. The second-order valence-electron chi connectivity index (χ2n) is 6.63. The first-order valence-electron chi connectivity index (χ1n) is 8.88. The highest BCUT2D eigenvalue weighted by Gasteiger charge is 2.49. The number of hydrogen-bond donors (Lipinski definition) is 0. The Kier molecular flexibility index (Phi) is 5.53. The molecule has 25 heavy (non-hydrogen) atoms. The molecule has 0 amide bonds. The van der Waals surface area contributed by atoms with E-state index < -0.39 is 0 Å². The number of carbonyl (C=O) groups is 2. The van der Waals surface area contributed by atoms with Crippen molar-refractivity contribution in [1.29, 1.82) is 0 Å². The molecule has 0 aliphatic carbocycles. The molecule has 3 atom stereocenters. The van der Waals surface area contributed by atoms with E-state index in [2.05, 4.69) is 17.0 Å². The number of ether oxygens (including phenoxy) is 2. The number of hydrogen-bond acceptors (Lipinski definition) is 5. The Morgan fingerprint density at radius 3 is 2.72 bits per heavy atom. The summed E-state index contributed by atoms with van der Waals surface area (Å²) >= 11 is 0. The van der Waals surface area contributed by atoms with Gasteiger partial charge in [0.1, 0.15) is 0 Å². The normalized spacial score (nSPS) is 27.3. The van der Waals surface area contributed by atoms with Gasteiger partial charge in [-0.05, 0) is 37.3 Å². The monoisotopic (exact) mass is 343 g/mol.